The fourth-order valence-electron chi connectivity index (χ4n) is 1.14. The van der Waals surface area contributed by atoms with Gasteiger partial charge < -0.3 is 14.4 Å². The zero-order valence-corrected chi connectivity index (χ0v) is 9.17. The maximum absolute atomic E-state index is 8.63. The topological polar surface area (TPSA) is 81.6 Å². The van der Waals surface area contributed by atoms with Gasteiger partial charge in [0.1, 0.15) is 17.8 Å². The lowest BCUT2D eigenvalue weighted by Gasteiger charge is -2.12. The van der Waals surface area contributed by atoms with Crippen molar-refractivity contribution in [1.29, 1.82) is 10.5 Å². The van der Waals surface area contributed by atoms with Crippen LogP contribution in [-0.4, -0.2) is 44.2 Å². The van der Waals surface area contributed by atoms with Crippen molar-refractivity contribution in [2.45, 2.75) is 6.29 Å². The Morgan fingerprint density at radius 2 is 1.88 bits per heavy atom. The Bertz CT molecular complexity index is 365. The molecule has 0 radical (unpaired) electrons. The Morgan fingerprint density at radius 3 is 2.31 bits per heavy atom. The maximum Gasteiger partial charge on any atom is 0.218 e. The monoisotopic (exact) mass is 220 g/mol. The van der Waals surface area contributed by atoms with Gasteiger partial charge in [-0.05, 0) is 0 Å². The molecule has 0 aliphatic carbocycles. The van der Waals surface area contributed by atoms with Crippen molar-refractivity contribution >= 4 is 5.71 Å². The van der Waals surface area contributed by atoms with Crippen LogP contribution in [0, 0.1) is 22.7 Å². The van der Waals surface area contributed by atoms with Crippen molar-refractivity contribution in [1.82, 2.24) is 4.90 Å². The van der Waals surface area contributed by atoms with E-state index in [1.54, 1.807) is 23.2 Å². The smallest absolute Gasteiger partial charge is 0.218 e. The minimum atomic E-state index is -0.598. The summed E-state index contributed by atoms with van der Waals surface area (Å²) in [4.78, 5) is 5.65. The Labute approximate surface area is 94.0 Å². The summed E-state index contributed by atoms with van der Waals surface area (Å²) in [5, 5.41) is 17.3. The molecule has 0 N–H and O–H groups in total. The Morgan fingerprint density at radius 1 is 1.31 bits per heavy atom. The standard InChI is InChI=1S/C10H12N4O2/c1-14(2)7-9(10-15-3-4-16-10)13-8(5-11)6-12/h7,10H,3-4H2,1-2H3/b9-7-. The first-order valence-corrected chi connectivity index (χ1v) is 4.67. The van der Waals surface area contributed by atoms with Gasteiger partial charge in [-0.25, -0.2) is 4.99 Å². The molecule has 1 heterocycles. The van der Waals surface area contributed by atoms with E-state index in [0.29, 0.717) is 18.9 Å². The lowest BCUT2D eigenvalue weighted by molar-refractivity contribution is -0.0127. The second-order valence-corrected chi connectivity index (χ2v) is 3.28. The van der Waals surface area contributed by atoms with E-state index in [4.69, 9.17) is 20.0 Å². The first-order chi connectivity index (χ1) is 7.67. The quantitative estimate of drug-likeness (QED) is 0.637. The van der Waals surface area contributed by atoms with Gasteiger partial charge in [0, 0.05) is 20.3 Å². The van der Waals surface area contributed by atoms with Gasteiger partial charge in [0.15, 0.2) is 0 Å². The summed E-state index contributed by atoms with van der Waals surface area (Å²) in [7, 11) is 3.62. The van der Waals surface area contributed by atoms with E-state index in [2.05, 4.69) is 4.99 Å². The van der Waals surface area contributed by atoms with Gasteiger partial charge in [0.25, 0.3) is 0 Å². The van der Waals surface area contributed by atoms with Crippen LogP contribution in [0.3, 0.4) is 0 Å². The highest BCUT2D eigenvalue weighted by Crippen LogP contribution is 2.15. The van der Waals surface area contributed by atoms with Crippen LogP contribution in [0.2, 0.25) is 0 Å². The average Bonchev–Trinajstić information content (AvgIpc) is 2.76. The molecule has 1 aliphatic rings. The summed E-state index contributed by atoms with van der Waals surface area (Å²) in [5.41, 5.74) is 0.202. The van der Waals surface area contributed by atoms with E-state index < -0.39 is 6.29 Å². The van der Waals surface area contributed by atoms with Gasteiger partial charge in [-0.3, -0.25) is 0 Å². The zero-order chi connectivity index (χ0) is 12.0. The molecule has 0 atom stereocenters. The molecule has 0 aromatic heterocycles. The Balaban J connectivity index is 2.93. The van der Waals surface area contributed by atoms with Crippen molar-refractivity contribution < 1.29 is 9.47 Å². The molecule has 6 nitrogen and oxygen atoms in total. The van der Waals surface area contributed by atoms with Crippen LogP contribution in [-0.2, 0) is 9.47 Å². The molecular formula is C10H12N4O2. The van der Waals surface area contributed by atoms with Gasteiger partial charge in [0.2, 0.25) is 12.0 Å². The first-order valence-electron chi connectivity index (χ1n) is 4.67. The minimum absolute atomic E-state index is 0.216. The summed E-state index contributed by atoms with van der Waals surface area (Å²) in [6, 6.07) is 3.39. The summed E-state index contributed by atoms with van der Waals surface area (Å²) in [6.45, 7) is 0.971. The van der Waals surface area contributed by atoms with Crippen LogP contribution in [0.5, 0.6) is 0 Å². The third-order valence-corrected chi connectivity index (χ3v) is 1.71. The lowest BCUT2D eigenvalue weighted by Crippen LogP contribution is -2.15. The first kappa shape index (κ1) is 12.2. The predicted octanol–water partition coefficient (Wildman–Crippen LogP) is 0.250. The van der Waals surface area contributed by atoms with E-state index >= 15 is 0 Å². The second kappa shape index (κ2) is 5.86. The molecule has 1 saturated heterocycles. The van der Waals surface area contributed by atoms with Crippen molar-refractivity contribution in [3.8, 4) is 12.1 Å². The highest BCUT2D eigenvalue weighted by Gasteiger charge is 2.21. The van der Waals surface area contributed by atoms with Gasteiger partial charge in [-0.2, -0.15) is 10.5 Å². The van der Waals surface area contributed by atoms with Crippen molar-refractivity contribution in [2.24, 2.45) is 4.99 Å². The molecule has 0 saturated carbocycles. The summed E-state index contributed by atoms with van der Waals surface area (Å²) in [6.07, 6.45) is 1.06. The van der Waals surface area contributed by atoms with Gasteiger partial charge >= 0.3 is 0 Å². The SMILES string of the molecule is CN(C)/C=C(\N=C(C#N)C#N)C1OCCO1. The van der Waals surface area contributed by atoms with E-state index in [0.717, 1.165) is 0 Å². The number of hydrogen-bond acceptors (Lipinski definition) is 6. The highest BCUT2D eigenvalue weighted by molar-refractivity contribution is 6.10. The van der Waals surface area contributed by atoms with Crippen LogP contribution < -0.4 is 0 Å². The van der Waals surface area contributed by atoms with Crippen LogP contribution in [0.1, 0.15) is 0 Å². The molecule has 0 unspecified atom stereocenters. The number of ether oxygens (including phenoxy) is 2. The molecule has 16 heavy (non-hydrogen) atoms. The zero-order valence-electron chi connectivity index (χ0n) is 9.17. The fourth-order valence-corrected chi connectivity index (χ4v) is 1.14. The fraction of sp³-hybridized carbons (Fsp3) is 0.500. The van der Waals surface area contributed by atoms with Gasteiger partial charge in [-0.15, -0.1) is 0 Å². The normalized spacial score (nSPS) is 16.4. The maximum atomic E-state index is 8.63. The van der Waals surface area contributed by atoms with Crippen LogP contribution in [0.25, 0.3) is 0 Å². The van der Waals surface area contributed by atoms with E-state index in [9.17, 15) is 0 Å². The number of aliphatic imine (C=N–C) groups is 1. The Kier molecular flexibility index (Phi) is 4.46. The van der Waals surface area contributed by atoms with Crippen LogP contribution in [0.15, 0.2) is 16.9 Å². The second-order valence-electron chi connectivity index (χ2n) is 3.28. The predicted molar refractivity (Wildman–Crippen MR) is 56.1 cm³/mol. The molecule has 0 aromatic rings. The third kappa shape index (κ3) is 3.35. The summed E-state index contributed by atoms with van der Waals surface area (Å²) in [5.74, 6) is 0. The molecule has 0 bridgehead atoms. The molecular weight excluding hydrogens is 208 g/mol. The number of nitriles is 2. The average molecular weight is 220 g/mol. The van der Waals surface area contributed by atoms with Crippen molar-refractivity contribution in [3.05, 3.63) is 11.9 Å². The van der Waals surface area contributed by atoms with Crippen LogP contribution >= 0.6 is 0 Å². The number of nitrogens with zero attached hydrogens (tertiary/aromatic N) is 4. The molecule has 0 spiro atoms. The summed E-state index contributed by atoms with van der Waals surface area (Å²) >= 11 is 0. The lowest BCUT2D eigenvalue weighted by atomic mass is 10.4. The summed E-state index contributed by atoms with van der Waals surface area (Å²) < 4.78 is 10.5. The molecule has 1 aliphatic heterocycles. The van der Waals surface area contributed by atoms with E-state index in [-0.39, 0.29) is 5.71 Å². The highest BCUT2D eigenvalue weighted by atomic mass is 16.7. The van der Waals surface area contributed by atoms with Crippen molar-refractivity contribution in [2.75, 3.05) is 27.3 Å². The largest absolute Gasteiger partial charge is 0.382 e. The molecule has 0 amide bonds. The molecule has 1 rings (SSSR count). The number of hydrogen-bond donors (Lipinski definition) is 0. The molecule has 1 fully saturated rings. The van der Waals surface area contributed by atoms with E-state index in [1.807, 2.05) is 14.1 Å². The Hall–Kier alpha value is -1.89. The molecule has 0 aromatic carbocycles. The van der Waals surface area contributed by atoms with Crippen LogP contribution in [0.4, 0.5) is 0 Å². The molecule has 84 valence electrons. The minimum Gasteiger partial charge on any atom is -0.382 e. The van der Waals surface area contributed by atoms with Crippen molar-refractivity contribution in [3.63, 3.8) is 0 Å². The number of rotatable bonds is 3. The van der Waals surface area contributed by atoms with Gasteiger partial charge in [-0.1, -0.05) is 0 Å². The molecule has 6 heteroatoms. The van der Waals surface area contributed by atoms with E-state index in [1.165, 1.54) is 0 Å². The van der Waals surface area contributed by atoms with Gasteiger partial charge in [0.05, 0.1) is 13.2 Å². The third-order valence-electron chi connectivity index (χ3n) is 1.71.